The van der Waals surface area contributed by atoms with Crippen molar-refractivity contribution in [1.29, 1.82) is 0 Å². The van der Waals surface area contributed by atoms with E-state index in [1.807, 2.05) is 29.4 Å². The summed E-state index contributed by atoms with van der Waals surface area (Å²) in [5, 5.41) is 7.26. The van der Waals surface area contributed by atoms with Crippen LogP contribution in [0.3, 0.4) is 0 Å². The predicted octanol–water partition coefficient (Wildman–Crippen LogP) is 2.33. The first kappa shape index (κ1) is 15.7. The molecular weight excluding hydrogens is 319 g/mol. The summed E-state index contributed by atoms with van der Waals surface area (Å²) in [5.41, 5.74) is 3.18. The Balaban J connectivity index is 1.42. The quantitative estimate of drug-likeness (QED) is 0.791. The summed E-state index contributed by atoms with van der Waals surface area (Å²) in [4.78, 5) is 12.7. The maximum absolute atomic E-state index is 13.9. The van der Waals surface area contributed by atoms with E-state index in [9.17, 15) is 4.39 Å². The van der Waals surface area contributed by atoms with Crippen molar-refractivity contribution >= 4 is 5.82 Å². The zero-order chi connectivity index (χ0) is 17.1. The maximum Gasteiger partial charge on any atom is 0.165 e. The molecular formula is C18H19FN6. The van der Waals surface area contributed by atoms with Gasteiger partial charge in [-0.1, -0.05) is 0 Å². The van der Waals surface area contributed by atoms with Gasteiger partial charge in [-0.3, -0.25) is 15.0 Å². The van der Waals surface area contributed by atoms with Crippen molar-refractivity contribution < 1.29 is 4.39 Å². The van der Waals surface area contributed by atoms with Crippen molar-refractivity contribution in [3.63, 3.8) is 0 Å². The average molecular weight is 338 g/mol. The van der Waals surface area contributed by atoms with Gasteiger partial charge in [0.2, 0.25) is 0 Å². The van der Waals surface area contributed by atoms with Crippen LogP contribution < -0.4 is 4.90 Å². The number of aromatic amines is 1. The number of nitrogens with zero attached hydrogens (tertiary/aromatic N) is 5. The standard InChI is InChI=1S/C18H19FN6/c19-16-4-2-6-21-18(16)25-9-7-24(8-10-25)13-15-12-22-23-17(15)14-3-1-5-20-11-14/h1-6,11-12H,7-10,13H2,(H,22,23). The Hall–Kier alpha value is -2.80. The van der Waals surface area contributed by atoms with Gasteiger partial charge in [0.25, 0.3) is 0 Å². The summed E-state index contributed by atoms with van der Waals surface area (Å²) < 4.78 is 13.9. The topological polar surface area (TPSA) is 60.9 Å². The summed E-state index contributed by atoms with van der Waals surface area (Å²) in [6.07, 6.45) is 7.10. The fourth-order valence-electron chi connectivity index (χ4n) is 3.16. The SMILES string of the molecule is Fc1cccnc1N1CCN(Cc2cn[nH]c2-c2cccnc2)CC1. The number of halogens is 1. The van der Waals surface area contributed by atoms with Gasteiger partial charge in [0.15, 0.2) is 11.6 Å². The highest BCUT2D eigenvalue weighted by Gasteiger charge is 2.21. The van der Waals surface area contributed by atoms with Crippen LogP contribution in [0, 0.1) is 5.82 Å². The van der Waals surface area contributed by atoms with Gasteiger partial charge in [0.1, 0.15) is 0 Å². The number of aromatic nitrogens is 4. The van der Waals surface area contributed by atoms with Crippen molar-refractivity contribution in [1.82, 2.24) is 25.1 Å². The second kappa shape index (κ2) is 6.98. The maximum atomic E-state index is 13.9. The van der Waals surface area contributed by atoms with Crippen LogP contribution in [0.1, 0.15) is 5.56 Å². The van der Waals surface area contributed by atoms with Crippen LogP contribution in [0.2, 0.25) is 0 Å². The zero-order valence-corrected chi connectivity index (χ0v) is 13.8. The molecule has 4 rings (SSSR count). The Labute approximate surface area is 145 Å². The van der Waals surface area contributed by atoms with E-state index in [1.54, 1.807) is 18.5 Å². The molecule has 25 heavy (non-hydrogen) atoms. The number of anilines is 1. The first-order chi connectivity index (χ1) is 12.3. The van der Waals surface area contributed by atoms with E-state index in [0.717, 1.165) is 49.5 Å². The number of hydrogen-bond acceptors (Lipinski definition) is 5. The van der Waals surface area contributed by atoms with Crippen LogP contribution in [0.5, 0.6) is 0 Å². The molecule has 0 amide bonds. The second-order valence-corrected chi connectivity index (χ2v) is 6.08. The highest BCUT2D eigenvalue weighted by atomic mass is 19.1. The fraction of sp³-hybridized carbons (Fsp3) is 0.278. The van der Waals surface area contributed by atoms with Gasteiger partial charge >= 0.3 is 0 Å². The lowest BCUT2D eigenvalue weighted by Gasteiger charge is -2.35. The van der Waals surface area contributed by atoms with Crippen molar-refractivity contribution in [2.24, 2.45) is 0 Å². The Kier molecular flexibility index (Phi) is 4.39. The lowest BCUT2D eigenvalue weighted by molar-refractivity contribution is 0.249. The van der Waals surface area contributed by atoms with E-state index in [0.29, 0.717) is 5.82 Å². The van der Waals surface area contributed by atoms with E-state index in [1.165, 1.54) is 6.07 Å². The largest absolute Gasteiger partial charge is 0.352 e. The minimum absolute atomic E-state index is 0.260. The van der Waals surface area contributed by atoms with Crippen molar-refractivity contribution in [3.8, 4) is 11.3 Å². The highest BCUT2D eigenvalue weighted by molar-refractivity contribution is 5.61. The normalized spacial score (nSPS) is 15.5. The second-order valence-electron chi connectivity index (χ2n) is 6.08. The average Bonchev–Trinajstić information content (AvgIpc) is 3.12. The van der Waals surface area contributed by atoms with Crippen LogP contribution >= 0.6 is 0 Å². The molecule has 6 nitrogen and oxygen atoms in total. The zero-order valence-electron chi connectivity index (χ0n) is 13.8. The molecule has 1 aliphatic heterocycles. The lowest BCUT2D eigenvalue weighted by Crippen LogP contribution is -2.46. The Morgan fingerprint density at radius 1 is 1.04 bits per heavy atom. The third-order valence-corrected chi connectivity index (χ3v) is 4.47. The van der Waals surface area contributed by atoms with Crippen LogP contribution in [-0.4, -0.2) is 51.2 Å². The first-order valence-corrected chi connectivity index (χ1v) is 8.32. The number of rotatable bonds is 4. The molecule has 0 spiro atoms. The Morgan fingerprint density at radius 3 is 2.64 bits per heavy atom. The lowest BCUT2D eigenvalue weighted by atomic mass is 10.1. The molecule has 1 saturated heterocycles. The Morgan fingerprint density at radius 2 is 1.88 bits per heavy atom. The smallest absolute Gasteiger partial charge is 0.165 e. The molecule has 1 aliphatic rings. The molecule has 0 bridgehead atoms. The number of piperazine rings is 1. The summed E-state index contributed by atoms with van der Waals surface area (Å²) in [6, 6.07) is 7.01. The van der Waals surface area contributed by atoms with Crippen LogP contribution in [0.25, 0.3) is 11.3 Å². The molecule has 0 atom stereocenters. The number of hydrogen-bond donors (Lipinski definition) is 1. The molecule has 7 heteroatoms. The monoisotopic (exact) mass is 338 g/mol. The molecule has 3 aromatic heterocycles. The molecule has 0 aromatic carbocycles. The van der Waals surface area contributed by atoms with E-state index in [4.69, 9.17) is 0 Å². The van der Waals surface area contributed by atoms with Gasteiger partial charge in [0.05, 0.1) is 11.9 Å². The van der Waals surface area contributed by atoms with Gasteiger partial charge in [-0.2, -0.15) is 5.10 Å². The summed E-state index contributed by atoms with van der Waals surface area (Å²) in [6.45, 7) is 4.03. The number of pyridine rings is 2. The molecule has 3 aromatic rings. The third-order valence-electron chi connectivity index (χ3n) is 4.47. The van der Waals surface area contributed by atoms with Crippen LogP contribution in [0.4, 0.5) is 10.2 Å². The van der Waals surface area contributed by atoms with Gasteiger partial charge < -0.3 is 4.90 Å². The summed E-state index contributed by atoms with van der Waals surface area (Å²) in [7, 11) is 0. The van der Waals surface area contributed by atoms with Crippen molar-refractivity contribution in [2.45, 2.75) is 6.54 Å². The van der Waals surface area contributed by atoms with Gasteiger partial charge in [-0.25, -0.2) is 9.37 Å². The third kappa shape index (κ3) is 3.36. The molecule has 1 N–H and O–H groups in total. The van der Waals surface area contributed by atoms with Gasteiger partial charge in [0, 0.05) is 62.4 Å². The minimum atomic E-state index is -0.260. The first-order valence-electron chi connectivity index (χ1n) is 8.32. The summed E-state index contributed by atoms with van der Waals surface area (Å²) >= 11 is 0. The van der Waals surface area contributed by atoms with Crippen LogP contribution in [0.15, 0.2) is 49.1 Å². The fourth-order valence-corrected chi connectivity index (χ4v) is 3.16. The molecule has 0 unspecified atom stereocenters. The summed E-state index contributed by atoms with van der Waals surface area (Å²) in [5.74, 6) is 0.186. The van der Waals surface area contributed by atoms with E-state index < -0.39 is 0 Å². The predicted molar refractivity (Wildman–Crippen MR) is 93.5 cm³/mol. The molecule has 0 radical (unpaired) electrons. The molecule has 4 heterocycles. The van der Waals surface area contributed by atoms with Crippen LogP contribution in [-0.2, 0) is 6.54 Å². The number of nitrogens with one attached hydrogen (secondary N) is 1. The Bertz CT molecular complexity index is 826. The molecule has 0 saturated carbocycles. The van der Waals surface area contributed by atoms with E-state index in [-0.39, 0.29) is 5.82 Å². The highest BCUT2D eigenvalue weighted by Crippen LogP contribution is 2.23. The van der Waals surface area contributed by atoms with Crippen molar-refractivity contribution in [3.05, 3.63) is 60.4 Å². The van der Waals surface area contributed by atoms with Crippen molar-refractivity contribution in [2.75, 3.05) is 31.1 Å². The minimum Gasteiger partial charge on any atom is -0.352 e. The number of H-pyrrole nitrogens is 1. The molecule has 1 fully saturated rings. The van der Waals surface area contributed by atoms with Gasteiger partial charge in [-0.05, 0) is 24.3 Å². The van der Waals surface area contributed by atoms with Gasteiger partial charge in [-0.15, -0.1) is 0 Å². The molecule has 128 valence electrons. The van der Waals surface area contributed by atoms with E-state index >= 15 is 0 Å². The molecule has 0 aliphatic carbocycles. The van der Waals surface area contributed by atoms with E-state index in [2.05, 4.69) is 25.1 Å².